The van der Waals surface area contributed by atoms with Crippen molar-refractivity contribution in [3.63, 3.8) is 0 Å². The smallest absolute Gasteiger partial charge is 0.131 e. The van der Waals surface area contributed by atoms with Gasteiger partial charge < -0.3 is 14.6 Å². The van der Waals surface area contributed by atoms with Gasteiger partial charge in [-0.2, -0.15) is 0 Å². The van der Waals surface area contributed by atoms with Crippen molar-refractivity contribution in [1.82, 2.24) is 0 Å². The van der Waals surface area contributed by atoms with Gasteiger partial charge in [0.2, 0.25) is 0 Å². The first-order valence-corrected chi connectivity index (χ1v) is 6.17. The van der Waals surface area contributed by atoms with Crippen molar-refractivity contribution in [3.05, 3.63) is 53.6 Å². The average Bonchev–Trinajstić information content (AvgIpc) is 2.49. The van der Waals surface area contributed by atoms with E-state index in [1.807, 2.05) is 30.3 Å². The van der Waals surface area contributed by atoms with Crippen LogP contribution in [0.2, 0.25) is 0 Å². The van der Waals surface area contributed by atoms with Crippen molar-refractivity contribution in [2.45, 2.75) is 5.92 Å². The monoisotopic (exact) mass is 268 g/mol. The number of phenolic OH excluding ortho intramolecular Hbond substituents is 1. The molecule has 1 atom stereocenters. The van der Waals surface area contributed by atoms with Crippen LogP contribution in [0.3, 0.4) is 0 Å². The van der Waals surface area contributed by atoms with Gasteiger partial charge in [-0.3, -0.25) is 0 Å². The largest absolute Gasteiger partial charge is 0.508 e. The van der Waals surface area contributed by atoms with Crippen molar-refractivity contribution in [3.8, 4) is 29.6 Å². The standard InChI is InChI=1S/C17H16O3/c1-4-14(12-8-6-5-7-9-12)17-15(19-2)10-13(18)11-16(17)20-3/h1,5-11,14,18H,2-3H3/t14-/m0/s1. The molecule has 20 heavy (non-hydrogen) atoms. The number of methoxy groups -OCH3 is 2. The summed E-state index contributed by atoms with van der Waals surface area (Å²) in [6, 6.07) is 12.8. The Hall–Kier alpha value is -2.60. The molecular formula is C17H16O3. The van der Waals surface area contributed by atoms with Gasteiger partial charge in [0.15, 0.2) is 0 Å². The molecule has 0 aromatic heterocycles. The van der Waals surface area contributed by atoms with Crippen LogP contribution < -0.4 is 9.47 Å². The maximum atomic E-state index is 9.69. The average molecular weight is 268 g/mol. The second-order valence-corrected chi connectivity index (χ2v) is 4.27. The fraction of sp³-hybridized carbons (Fsp3) is 0.176. The number of terminal acetylenes is 1. The number of hydrogen-bond donors (Lipinski definition) is 1. The van der Waals surface area contributed by atoms with E-state index in [0.29, 0.717) is 11.5 Å². The highest BCUT2D eigenvalue weighted by atomic mass is 16.5. The van der Waals surface area contributed by atoms with Crippen LogP contribution in [0.25, 0.3) is 0 Å². The maximum Gasteiger partial charge on any atom is 0.131 e. The second kappa shape index (κ2) is 6.03. The van der Waals surface area contributed by atoms with Crippen molar-refractivity contribution in [2.75, 3.05) is 14.2 Å². The molecule has 0 bridgehead atoms. The molecule has 2 aromatic carbocycles. The van der Waals surface area contributed by atoms with Gasteiger partial charge in [-0.1, -0.05) is 36.3 Å². The summed E-state index contributed by atoms with van der Waals surface area (Å²) in [5, 5.41) is 9.69. The zero-order chi connectivity index (χ0) is 14.5. The number of hydrogen-bond acceptors (Lipinski definition) is 3. The summed E-state index contributed by atoms with van der Waals surface area (Å²) in [5.74, 6) is 3.55. The Balaban J connectivity index is 2.63. The number of benzene rings is 2. The molecule has 1 N–H and O–H groups in total. The van der Waals surface area contributed by atoms with E-state index >= 15 is 0 Å². The normalized spacial score (nSPS) is 11.4. The Bertz CT molecular complexity index is 601. The van der Waals surface area contributed by atoms with Gasteiger partial charge in [0.25, 0.3) is 0 Å². The third-order valence-electron chi connectivity index (χ3n) is 3.12. The summed E-state index contributed by atoms with van der Waals surface area (Å²) in [4.78, 5) is 0. The van der Waals surface area contributed by atoms with Crippen LogP contribution in [0, 0.1) is 12.3 Å². The van der Waals surface area contributed by atoms with Crippen LogP contribution in [-0.2, 0) is 0 Å². The molecule has 0 fully saturated rings. The zero-order valence-electron chi connectivity index (χ0n) is 11.5. The number of phenols is 1. The lowest BCUT2D eigenvalue weighted by atomic mass is 9.90. The lowest BCUT2D eigenvalue weighted by molar-refractivity contribution is 0.376. The van der Waals surface area contributed by atoms with Crippen LogP contribution in [0.4, 0.5) is 0 Å². The minimum atomic E-state index is -0.304. The highest BCUT2D eigenvalue weighted by molar-refractivity contribution is 5.57. The Labute approximate surface area is 118 Å². The molecule has 3 heteroatoms. The molecule has 0 radical (unpaired) electrons. The molecule has 2 aromatic rings. The molecule has 0 unspecified atom stereocenters. The van der Waals surface area contributed by atoms with Crippen LogP contribution in [0.1, 0.15) is 17.0 Å². The molecule has 3 nitrogen and oxygen atoms in total. The Morgan fingerprint density at radius 2 is 1.60 bits per heavy atom. The van der Waals surface area contributed by atoms with Gasteiger partial charge in [0.05, 0.1) is 25.7 Å². The zero-order valence-corrected chi connectivity index (χ0v) is 11.5. The minimum Gasteiger partial charge on any atom is -0.508 e. The van der Waals surface area contributed by atoms with Gasteiger partial charge in [0, 0.05) is 12.1 Å². The molecule has 0 aliphatic heterocycles. The van der Waals surface area contributed by atoms with Crippen LogP contribution in [0.15, 0.2) is 42.5 Å². The molecular weight excluding hydrogens is 252 g/mol. The van der Waals surface area contributed by atoms with Crippen LogP contribution in [-0.4, -0.2) is 19.3 Å². The lowest BCUT2D eigenvalue weighted by Gasteiger charge is -2.19. The topological polar surface area (TPSA) is 38.7 Å². The predicted molar refractivity (Wildman–Crippen MR) is 78.3 cm³/mol. The second-order valence-electron chi connectivity index (χ2n) is 4.27. The Morgan fingerprint density at radius 1 is 1.05 bits per heavy atom. The van der Waals surface area contributed by atoms with E-state index in [1.165, 1.54) is 26.4 Å². The third kappa shape index (κ3) is 2.55. The number of ether oxygens (including phenoxy) is 2. The Morgan fingerprint density at radius 3 is 2.05 bits per heavy atom. The predicted octanol–water partition coefficient (Wildman–Crippen LogP) is 3.17. The summed E-state index contributed by atoms with van der Waals surface area (Å²) < 4.78 is 10.7. The van der Waals surface area contributed by atoms with E-state index in [0.717, 1.165) is 11.1 Å². The summed E-state index contributed by atoms with van der Waals surface area (Å²) >= 11 is 0. The minimum absolute atomic E-state index is 0.0753. The first-order chi connectivity index (χ1) is 9.71. The van der Waals surface area contributed by atoms with Crippen LogP contribution >= 0.6 is 0 Å². The summed E-state index contributed by atoms with van der Waals surface area (Å²) in [5.41, 5.74) is 1.71. The number of rotatable bonds is 4. The summed E-state index contributed by atoms with van der Waals surface area (Å²) in [7, 11) is 3.08. The van der Waals surface area contributed by atoms with Crippen molar-refractivity contribution >= 4 is 0 Å². The fourth-order valence-corrected chi connectivity index (χ4v) is 2.20. The van der Waals surface area contributed by atoms with Gasteiger partial charge >= 0.3 is 0 Å². The quantitative estimate of drug-likeness (QED) is 0.866. The number of aromatic hydroxyl groups is 1. The van der Waals surface area contributed by atoms with Gasteiger partial charge in [-0.15, -0.1) is 6.42 Å². The van der Waals surface area contributed by atoms with Crippen LogP contribution in [0.5, 0.6) is 17.2 Å². The molecule has 0 aliphatic carbocycles. The SMILES string of the molecule is C#C[C@@H](c1ccccc1)c1c(OC)cc(O)cc1OC. The molecule has 0 spiro atoms. The van der Waals surface area contributed by atoms with Crippen molar-refractivity contribution in [2.24, 2.45) is 0 Å². The summed E-state index contributed by atoms with van der Waals surface area (Å²) in [6.07, 6.45) is 5.70. The van der Waals surface area contributed by atoms with E-state index in [-0.39, 0.29) is 11.7 Å². The fourth-order valence-electron chi connectivity index (χ4n) is 2.20. The lowest BCUT2D eigenvalue weighted by Crippen LogP contribution is -2.04. The van der Waals surface area contributed by atoms with E-state index in [2.05, 4.69) is 5.92 Å². The van der Waals surface area contributed by atoms with Gasteiger partial charge in [-0.25, -0.2) is 0 Å². The molecule has 2 rings (SSSR count). The van der Waals surface area contributed by atoms with E-state index < -0.39 is 0 Å². The van der Waals surface area contributed by atoms with E-state index in [1.54, 1.807) is 0 Å². The molecule has 0 saturated carbocycles. The first-order valence-electron chi connectivity index (χ1n) is 6.17. The first kappa shape index (κ1) is 13.8. The van der Waals surface area contributed by atoms with Crippen molar-refractivity contribution < 1.29 is 14.6 Å². The molecule has 0 aliphatic rings. The highest BCUT2D eigenvalue weighted by Gasteiger charge is 2.22. The van der Waals surface area contributed by atoms with Gasteiger partial charge in [-0.05, 0) is 5.56 Å². The highest BCUT2D eigenvalue weighted by Crippen LogP contribution is 2.41. The molecule has 0 amide bonds. The van der Waals surface area contributed by atoms with E-state index in [9.17, 15) is 5.11 Å². The molecule has 102 valence electrons. The van der Waals surface area contributed by atoms with Crippen molar-refractivity contribution in [1.29, 1.82) is 0 Å². The maximum absolute atomic E-state index is 9.69. The molecule has 0 saturated heterocycles. The Kier molecular flexibility index (Phi) is 4.17. The van der Waals surface area contributed by atoms with Gasteiger partial charge in [0.1, 0.15) is 17.2 Å². The van der Waals surface area contributed by atoms with E-state index in [4.69, 9.17) is 15.9 Å². The third-order valence-corrected chi connectivity index (χ3v) is 3.12. The molecule has 0 heterocycles. The summed E-state index contributed by atoms with van der Waals surface area (Å²) in [6.45, 7) is 0.